The fourth-order valence-corrected chi connectivity index (χ4v) is 2.84. The highest BCUT2D eigenvalue weighted by Gasteiger charge is 2.14. The third kappa shape index (κ3) is 2.50. The van der Waals surface area contributed by atoms with E-state index in [1.165, 1.54) is 11.3 Å². The number of aryl methyl sites for hydroxylation is 2. The summed E-state index contributed by atoms with van der Waals surface area (Å²) in [4.78, 5) is 17.7. The number of methoxy groups -OCH3 is 1. The number of thiazole rings is 1. The zero-order chi connectivity index (χ0) is 15.0. The molecule has 0 aliphatic heterocycles. The quantitative estimate of drug-likeness (QED) is 0.800. The Kier molecular flexibility index (Phi) is 3.39. The van der Waals surface area contributed by atoms with Crippen LogP contribution in [0, 0.1) is 13.8 Å². The Morgan fingerprint density at radius 2 is 2.19 bits per heavy atom. The van der Waals surface area contributed by atoms with E-state index in [2.05, 4.69) is 10.3 Å². The third-order valence-corrected chi connectivity index (χ3v) is 4.25. The molecule has 3 rings (SSSR count). The topological polar surface area (TPSA) is 64.4 Å². The van der Waals surface area contributed by atoms with Gasteiger partial charge in [-0.25, -0.2) is 4.98 Å². The van der Waals surface area contributed by atoms with Gasteiger partial charge in [-0.05, 0) is 32.0 Å². The Morgan fingerprint density at radius 1 is 1.38 bits per heavy atom. The van der Waals surface area contributed by atoms with Gasteiger partial charge in [0.1, 0.15) is 11.3 Å². The molecule has 0 saturated carbocycles. The van der Waals surface area contributed by atoms with Gasteiger partial charge in [-0.2, -0.15) is 0 Å². The number of nitrogens with one attached hydrogen (secondary N) is 1. The second-order valence-corrected chi connectivity index (χ2v) is 5.83. The molecule has 0 aliphatic carbocycles. The van der Waals surface area contributed by atoms with Gasteiger partial charge in [0.15, 0.2) is 5.13 Å². The predicted octanol–water partition coefficient (Wildman–Crippen LogP) is 3.77. The summed E-state index contributed by atoms with van der Waals surface area (Å²) in [5.74, 6) is 0.373. The molecule has 0 unspecified atom stereocenters. The monoisotopic (exact) mass is 302 g/mol. The van der Waals surface area contributed by atoms with Crippen LogP contribution in [0.2, 0.25) is 0 Å². The standard InChI is InChI=1S/C15H14N2O3S/c1-8-9(2)21-15(16-8)17-14(18)10-6-12(19-3)11-4-5-20-13(11)7-10/h4-7H,1-3H3,(H,16,17,18). The number of anilines is 1. The highest BCUT2D eigenvalue weighted by atomic mass is 32.1. The number of nitrogens with zero attached hydrogens (tertiary/aromatic N) is 1. The molecule has 3 aromatic rings. The minimum Gasteiger partial charge on any atom is -0.496 e. The first-order valence-corrected chi connectivity index (χ1v) is 7.20. The number of hydrogen-bond acceptors (Lipinski definition) is 5. The molecule has 5 nitrogen and oxygen atoms in total. The van der Waals surface area contributed by atoms with Crippen molar-refractivity contribution in [2.24, 2.45) is 0 Å². The van der Waals surface area contributed by atoms with Crippen LogP contribution in [0.5, 0.6) is 5.75 Å². The van der Waals surface area contributed by atoms with Crippen LogP contribution < -0.4 is 10.1 Å². The van der Waals surface area contributed by atoms with E-state index in [0.29, 0.717) is 22.0 Å². The molecule has 0 aliphatic rings. The number of furan rings is 1. The second kappa shape index (κ2) is 5.21. The smallest absolute Gasteiger partial charge is 0.257 e. The van der Waals surface area contributed by atoms with Crippen LogP contribution in [0.3, 0.4) is 0 Å². The average molecular weight is 302 g/mol. The number of rotatable bonds is 3. The van der Waals surface area contributed by atoms with Crippen LogP contribution in [-0.2, 0) is 0 Å². The van der Waals surface area contributed by atoms with E-state index in [9.17, 15) is 4.79 Å². The van der Waals surface area contributed by atoms with Crippen LogP contribution in [0.15, 0.2) is 28.9 Å². The van der Waals surface area contributed by atoms with Crippen molar-refractivity contribution in [1.29, 1.82) is 0 Å². The van der Waals surface area contributed by atoms with Gasteiger partial charge in [0, 0.05) is 10.4 Å². The normalized spacial score (nSPS) is 10.8. The average Bonchev–Trinajstić information content (AvgIpc) is 3.04. The van der Waals surface area contributed by atoms with E-state index in [4.69, 9.17) is 9.15 Å². The number of benzene rings is 1. The van der Waals surface area contributed by atoms with Crippen molar-refractivity contribution in [2.75, 3.05) is 12.4 Å². The number of fused-ring (bicyclic) bond motifs is 1. The van der Waals surface area contributed by atoms with Gasteiger partial charge in [-0.15, -0.1) is 11.3 Å². The zero-order valence-electron chi connectivity index (χ0n) is 11.9. The summed E-state index contributed by atoms with van der Waals surface area (Å²) in [5.41, 5.74) is 2.01. The van der Waals surface area contributed by atoms with Crippen LogP contribution >= 0.6 is 11.3 Å². The fourth-order valence-electron chi connectivity index (χ4n) is 2.03. The van der Waals surface area contributed by atoms with Crippen molar-refractivity contribution < 1.29 is 13.9 Å². The SMILES string of the molecule is COc1cc(C(=O)Nc2nc(C)c(C)s2)cc2occc12. The predicted molar refractivity (Wildman–Crippen MR) is 82.3 cm³/mol. The summed E-state index contributed by atoms with van der Waals surface area (Å²) in [6, 6.07) is 5.20. The maximum absolute atomic E-state index is 12.3. The lowest BCUT2D eigenvalue weighted by atomic mass is 10.1. The van der Waals surface area contributed by atoms with E-state index in [1.54, 1.807) is 25.5 Å². The highest BCUT2D eigenvalue weighted by Crippen LogP contribution is 2.29. The van der Waals surface area contributed by atoms with Crippen molar-refractivity contribution >= 4 is 33.3 Å². The summed E-state index contributed by atoms with van der Waals surface area (Å²) in [5, 5.41) is 4.23. The van der Waals surface area contributed by atoms with E-state index >= 15 is 0 Å². The molecule has 0 saturated heterocycles. The van der Waals surface area contributed by atoms with Gasteiger partial charge in [-0.3, -0.25) is 10.1 Å². The Hall–Kier alpha value is -2.34. The van der Waals surface area contributed by atoms with Crippen LogP contribution in [0.1, 0.15) is 20.9 Å². The Labute approximate surface area is 125 Å². The van der Waals surface area contributed by atoms with E-state index in [-0.39, 0.29) is 5.91 Å². The number of aromatic nitrogens is 1. The molecule has 0 spiro atoms. The number of amides is 1. The molecular weight excluding hydrogens is 288 g/mol. The van der Waals surface area contributed by atoms with Gasteiger partial charge in [0.05, 0.1) is 24.5 Å². The zero-order valence-corrected chi connectivity index (χ0v) is 12.7. The Morgan fingerprint density at radius 3 is 2.86 bits per heavy atom. The molecular formula is C15H14N2O3S. The first kappa shape index (κ1) is 13.6. The largest absolute Gasteiger partial charge is 0.496 e. The lowest BCUT2D eigenvalue weighted by Crippen LogP contribution is -2.11. The van der Waals surface area contributed by atoms with Crippen molar-refractivity contribution in [3.8, 4) is 5.75 Å². The van der Waals surface area contributed by atoms with Crippen molar-refractivity contribution in [2.45, 2.75) is 13.8 Å². The Balaban J connectivity index is 1.93. The van der Waals surface area contributed by atoms with E-state index in [1.807, 2.05) is 19.9 Å². The van der Waals surface area contributed by atoms with Gasteiger partial charge in [0.2, 0.25) is 0 Å². The summed E-state index contributed by atoms with van der Waals surface area (Å²) < 4.78 is 10.6. The van der Waals surface area contributed by atoms with Gasteiger partial charge in [0.25, 0.3) is 5.91 Å². The van der Waals surface area contributed by atoms with Crippen LogP contribution in [0.25, 0.3) is 11.0 Å². The van der Waals surface area contributed by atoms with Crippen molar-refractivity contribution in [3.05, 3.63) is 40.6 Å². The molecule has 1 N–H and O–H groups in total. The van der Waals surface area contributed by atoms with Crippen molar-refractivity contribution in [1.82, 2.24) is 4.98 Å². The molecule has 6 heteroatoms. The van der Waals surface area contributed by atoms with Gasteiger partial charge < -0.3 is 9.15 Å². The molecule has 108 valence electrons. The molecule has 1 amide bonds. The maximum Gasteiger partial charge on any atom is 0.257 e. The number of carbonyl (C=O) groups is 1. The molecule has 0 atom stereocenters. The summed E-state index contributed by atoms with van der Waals surface area (Å²) >= 11 is 1.45. The molecule has 0 radical (unpaired) electrons. The second-order valence-electron chi connectivity index (χ2n) is 4.63. The minimum absolute atomic E-state index is 0.236. The minimum atomic E-state index is -0.236. The summed E-state index contributed by atoms with van der Waals surface area (Å²) in [7, 11) is 1.57. The number of ether oxygens (including phenoxy) is 1. The Bertz CT molecular complexity index is 800. The maximum atomic E-state index is 12.3. The molecule has 2 aromatic heterocycles. The molecule has 0 fully saturated rings. The number of carbonyl (C=O) groups excluding carboxylic acids is 1. The van der Waals surface area contributed by atoms with E-state index < -0.39 is 0 Å². The third-order valence-electron chi connectivity index (χ3n) is 3.26. The fraction of sp³-hybridized carbons (Fsp3) is 0.200. The first-order valence-electron chi connectivity index (χ1n) is 6.39. The van der Waals surface area contributed by atoms with Gasteiger partial charge >= 0.3 is 0 Å². The lowest BCUT2D eigenvalue weighted by Gasteiger charge is -2.05. The van der Waals surface area contributed by atoms with Gasteiger partial charge in [-0.1, -0.05) is 0 Å². The van der Waals surface area contributed by atoms with E-state index in [0.717, 1.165) is 16.0 Å². The van der Waals surface area contributed by atoms with Crippen molar-refractivity contribution in [3.63, 3.8) is 0 Å². The first-order chi connectivity index (χ1) is 10.1. The number of hydrogen-bond donors (Lipinski definition) is 1. The molecule has 2 heterocycles. The molecule has 21 heavy (non-hydrogen) atoms. The van der Waals surface area contributed by atoms with Crippen LogP contribution in [0.4, 0.5) is 5.13 Å². The lowest BCUT2D eigenvalue weighted by molar-refractivity contribution is 0.102. The summed E-state index contributed by atoms with van der Waals surface area (Å²) in [6.45, 7) is 3.89. The molecule has 0 bridgehead atoms. The molecule has 1 aromatic carbocycles. The summed E-state index contributed by atoms with van der Waals surface area (Å²) in [6.07, 6.45) is 1.57. The van der Waals surface area contributed by atoms with Crippen LogP contribution in [-0.4, -0.2) is 18.0 Å². The highest BCUT2D eigenvalue weighted by molar-refractivity contribution is 7.15.